The van der Waals surface area contributed by atoms with Crippen LogP contribution in [0.4, 0.5) is 11.4 Å². The quantitative estimate of drug-likeness (QED) is 0.426. The van der Waals surface area contributed by atoms with Crippen molar-refractivity contribution in [3.05, 3.63) is 89.0 Å². The molecule has 158 valence electrons. The van der Waals surface area contributed by atoms with Crippen LogP contribution in [-0.4, -0.2) is 0 Å². The first-order valence-electron chi connectivity index (χ1n) is 10.6. The van der Waals surface area contributed by atoms with Gasteiger partial charge in [-0.05, 0) is 60.2 Å². The number of anilines is 2. The monoisotopic (exact) mass is 401 g/mol. The van der Waals surface area contributed by atoms with E-state index in [4.69, 9.17) is 17.2 Å². The summed E-state index contributed by atoms with van der Waals surface area (Å²) in [6.07, 6.45) is 6.30. The van der Waals surface area contributed by atoms with Crippen molar-refractivity contribution in [2.75, 3.05) is 11.5 Å². The van der Waals surface area contributed by atoms with E-state index in [1.54, 1.807) is 0 Å². The summed E-state index contributed by atoms with van der Waals surface area (Å²) in [6, 6.07) is 20.5. The molecular weight excluding hydrogens is 366 g/mol. The van der Waals surface area contributed by atoms with Crippen molar-refractivity contribution in [1.82, 2.24) is 0 Å². The summed E-state index contributed by atoms with van der Waals surface area (Å²) in [7, 11) is 0. The standard InChI is InChI=1S/C24H27N3.C3H8/c1-16-15-20(11-14-22(16)17(2)25)23-8-4-7-19(24(23)27)6-3-5-18-9-12-21(26)13-10-18;1-3-2/h3-4,6-15,17H,5,25-27H2,1-2H3;3H2,1-2H3/b6-3-;. The maximum absolute atomic E-state index is 6.47. The molecule has 0 saturated heterocycles. The third-order valence-corrected chi connectivity index (χ3v) is 4.84. The van der Waals surface area contributed by atoms with Crippen LogP contribution in [0.25, 0.3) is 17.2 Å². The van der Waals surface area contributed by atoms with Crippen LogP contribution in [-0.2, 0) is 6.42 Å². The maximum atomic E-state index is 6.47. The van der Waals surface area contributed by atoms with Crippen molar-refractivity contribution in [1.29, 1.82) is 0 Å². The van der Waals surface area contributed by atoms with Crippen LogP contribution in [0.5, 0.6) is 0 Å². The van der Waals surface area contributed by atoms with Crippen LogP contribution in [0.2, 0.25) is 0 Å². The van der Waals surface area contributed by atoms with Crippen LogP contribution >= 0.6 is 0 Å². The van der Waals surface area contributed by atoms with Crippen molar-refractivity contribution < 1.29 is 0 Å². The number of rotatable bonds is 5. The number of hydrogen-bond donors (Lipinski definition) is 3. The molecule has 0 aromatic heterocycles. The van der Waals surface area contributed by atoms with Gasteiger partial charge < -0.3 is 17.2 Å². The van der Waals surface area contributed by atoms with E-state index in [-0.39, 0.29) is 6.04 Å². The minimum Gasteiger partial charge on any atom is -0.399 e. The fraction of sp³-hybridized carbons (Fsp3) is 0.259. The Balaban J connectivity index is 0.00000101. The SMILES string of the molecule is CCC.Cc1cc(-c2cccc(/C=C\Cc3ccc(N)cc3)c2N)ccc1C(C)N. The number of allylic oxidation sites excluding steroid dienone is 1. The summed E-state index contributed by atoms with van der Waals surface area (Å²) >= 11 is 0. The fourth-order valence-corrected chi connectivity index (χ4v) is 3.31. The lowest BCUT2D eigenvalue weighted by Gasteiger charge is -2.14. The number of nitrogen functional groups attached to an aromatic ring is 2. The van der Waals surface area contributed by atoms with Crippen molar-refractivity contribution >= 4 is 17.5 Å². The molecule has 1 unspecified atom stereocenters. The number of aryl methyl sites for hydroxylation is 1. The molecule has 0 aliphatic heterocycles. The molecule has 0 spiro atoms. The Morgan fingerprint density at radius 3 is 2.20 bits per heavy atom. The minimum absolute atomic E-state index is 0.0269. The molecule has 0 bridgehead atoms. The molecule has 0 radical (unpaired) electrons. The molecule has 0 saturated carbocycles. The van der Waals surface area contributed by atoms with E-state index < -0.39 is 0 Å². The first-order chi connectivity index (χ1) is 14.4. The van der Waals surface area contributed by atoms with E-state index in [1.165, 1.54) is 17.5 Å². The van der Waals surface area contributed by atoms with Gasteiger partial charge in [-0.3, -0.25) is 0 Å². The molecule has 1 atom stereocenters. The van der Waals surface area contributed by atoms with E-state index in [2.05, 4.69) is 57.2 Å². The molecule has 3 nitrogen and oxygen atoms in total. The Kier molecular flexibility index (Phi) is 8.70. The van der Waals surface area contributed by atoms with Crippen LogP contribution in [0.3, 0.4) is 0 Å². The van der Waals surface area contributed by atoms with Crippen LogP contribution in [0, 0.1) is 6.92 Å². The second-order valence-electron chi connectivity index (χ2n) is 7.72. The van der Waals surface area contributed by atoms with Gasteiger partial charge in [0, 0.05) is 23.0 Å². The Labute approximate surface area is 181 Å². The zero-order valence-corrected chi connectivity index (χ0v) is 18.7. The smallest absolute Gasteiger partial charge is 0.0467 e. The van der Waals surface area contributed by atoms with Crippen molar-refractivity contribution in [3.63, 3.8) is 0 Å². The van der Waals surface area contributed by atoms with Gasteiger partial charge in [-0.1, -0.05) is 81.0 Å². The molecule has 0 aliphatic carbocycles. The van der Waals surface area contributed by atoms with E-state index in [0.29, 0.717) is 0 Å². The van der Waals surface area contributed by atoms with Gasteiger partial charge in [0.25, 0.3) is 0 Å². The maximum Gasteiger partial charge on any atom is 0.0467 e. The van der Waals surface area contributed by atoms with Crippen molar-refractivity contribution in [2.24, 2.45) is 5.73 Å². The number of benzene rings is 3. The highest BCUT2D eigenvalue weighted by molar-refractivity contribution is 5.83. The van der Waals surface area contributed by atoms with Gasteiger partial charge in [-0.25, -0.2) is 0 Å². The Morgan fingerprint density at radius 1 is 0.933 bits per heavy atom. The lowest BCUT2D eigenvalue weighted by molar-refractivity contribution is 0.810. The van der Waals surface area contributed by atoms with Gasteiger partial charge in [-0.15, -0.1) is 0 Å². The van der Waals surface area contributed by atoms with Gasteiger partial charge in [0.1, 0.15) is 0 Å². The lowest BCUT2D eigenvalue weighted by atomic mass is 9.94. The molecule has 3 rings (SSSR count). The molecule has 3 heteroatoms. The summed E-state index contributed by atoms with van der Waals surface area (Å²) in [6.45, 7) is 8.34. The van der Waals surface area contributed by atoms with Gasteiger partial charge in [-0.2, -0.15) is 0 Å². The normalized spacial score (nSPS) is 11.8. The predicted octanol–water partition coefficient (Wildman–Crippen LogP) is 6.52. The highest BCUT2D eigenvalue weighted by Crippen LogP contribution is 2.31. The van der Waals surface area contributed by atoms with Crippen molar-refractivity contribution in [2.45, 2.75) is 46.6 Å². The summed E-state index contributed by atoms with van der Waals surface area (Å²) in [5.74, 6) is 0. The Hall–Kier alpha value is -3.04. The Morgan fingerprint density at radius 2 is 1.60 bits per heavy atom. The Bertz CT molecular complexity index is 970. The number of nitrogens with two attached hydrogens (primary N) is 3. The molecule has 3 aromatic rings. The van der Waals surface area contributed by atoms with Gasteiger partial charge in [0.15, 0.2) is 0 Å². The molecule has 6 N–H and O–H groups in total. The third-order valence-electron chi connectivity index (χ3n) is 4.84. The third kappa shape index (κ3) is 6.23. The lowest BCUT2D eigenvalue weighted by Crippen LogP contribution is -2.06. The first-order valence-corrected chi connectivity index (χ1v) is 10.6. The summed E-state index contributed by atoms with van der Waals surface area (Å²) in [5.41, 5.74) is 26.6. The van der Waals surface area contributed by atoms with Crippen LogP contribution in [0.1, 0.15) is 55.5 Å². The number of hydrogen-bond acceptors (Lipinski definition) is 3. The fourth-order valence-electron chi connectivity index (χ4n) is 3.31. The molecule has 0 fully saturated rings. The largest absolute Gasteiger partial charge is 0.399 e. The second kappa shape index (κ2) is 11.2. The molecule has 0 heterocycles. The summed E-state index contributed by atoms with van der Waals surface area (Å²) < 4.78 is 0. The van der Waals surface area contributed by atoms with E-state index in [0.717, 1.165) is 40.0 Å². The van der Waals surface area contributed by atoms with Crippen LogP contribution in [0.15, 0.2) is 66.7 Å². The molecule has 0 aliphatic rings. The first kappa shape index (κ1) is 23.2. The molecule has 0 amide bonds. The zero-order valence-electron chi connectivity index (χ0n) is 18.7. The van der Waals surface area contributed by atoms with E-state index in [9.17, 15) is 0 Å². The number of para-hydroxylation sites is 1. The predicted molar refractivity (Wildman–Crippen MR) is 133 cm³/mol. The summed E-state index contributed by atoms with van der Waals surface area (Å²) in [4.78, 5) is 0. The van der Waals surface area contributed by atoms with E-state index >= 15 is 0 Å². The molecular formula is C27H35N3. The van der Waals surface area contributed by atoms with Gasteiger partial charge in [0.05, 0.1) is 0 Å². The molecule has 3 aromatic carbocycles. The second-order valence-corrected chi connectivity index (χ2v) is 7.72. The topological polar surface area (TPSA) is 78.1 Å². The minimum atomic E-state index is 0.0269. The van der Waals surface area contributed by atoms with Crippen LogP contribution < -0.4 is 17.2 Å². The molecule has 30 heavy (non-hydrogen) atoms. The zero-order chi connectivity index (χ0) is 22.1. The average Bonchev–Trinajstić information content (AvgIpc) is 2.71. The van der Waals surface area contributed by atoms with Gasteiger partial charge in [0.2, 0.25) is 0 Å². The average molecular weight is 402 g/mol. The van der Waals surface area contributed by atoms with E-state index in [1.807, 2.05) is 43.3 Å². The highest BCUT2D eigenvalue weighted by Gasteiger charge is 2.09. The highest BCUT2D eigenvalue weighted by atomic mass is 14.6. The van der Waals surface area contributed by atoms with Gasteiger partial charge >= 0.3 is 0 Å². The van der Waals surface area contributed by atoms with Crippen molar-refractivity contribution in [3.8, 4) is 11.1 Å². The summed E-state index contributed by atoms with van der Waals surface area (Å²) in [5, 5.41) is 0.